The number of methoxy groups -OCH3 is 1. The van der Waals surface area contributed by atoms with Crippen molar-refractivity contribution in [1.29, 1.82) is 0 Å². The highest BCUT2D eigenvalue weighted by molar-refractivity contribution is 5.80. The second kappa shape index (κ2) is 12.5. The molecule has 1 aliphatic heterocycles. The van der Waals surface area contributed by atoms with Gasteiger partial charge in [-0.1, -0.05) is 12.1 Å². The maximum absolute atomic E-state index is 11.6. The summed E-state index contributed by atoms with van der Waals surface area (Å²) >= 11 is 0. The zero-order chi connectivity index (χ0) is 22.8. The largest absolute Gasteiger partial charge is 0.493 e. The van der Waals surface area contributed by atoms with Crippen LogP contribution >= 0.6 is 0 Å². The van der Waals surface area contributed by atoms with E-state index in [0.29, 0.717) is 19.1 Å². The minimum atomic E-state index is 0.0697. The Balaban J connectivity index is 1.62. The first-order valence-electron chi connectivity index (χ1n) is 11.9. The Morgan fingerprint density at radius 2 is 1.94 bits per heavy atom. The van der Waals surface area contributed by atoms with Gasteiger partial charge in [0.05, 0.1) is 26.3 Å². The molecule has 1 saturated heterocycles. The number of hydrogen-bond acceptors (Lipinski definition) is 5. The van der Waals surface area contributed by atoms with Crippen LogP contribution < -0.4 is 25.4 Å². The number of rotatable bonds is 9. The molecule has 1 aliphatic carbocycles. The number of para-hydroxylation sites is 1. The summed E-state index contributed by atoms with van der Waals surface area (Å²) in [5.41, 5.74) is 1.04. The van der Waals surface area contributed by atoms with E-state index in [1.165, 1.54) is 12.8 Å². The molecule has 1 saturated carbocycles. The number of carbonyl (C=O) groups is 1. The lowest BCUT2D eigenvalue weighted by atomic mass is 10.1. The smallest absolute Gasteiger partial charge is 0.233 e. The van der Waals surface area contributed by atoms with Crippen molar-refractivity contribution in [3.8, 4) is 11.5 Å². The molecule has 2 aliphatic rings. The van der Waals surface area contributed by atoms with Gasteiger partial charge in [0.1, 0.15) is 0 Å². The molecule has 8 heteroatoms. The van der Waals surface area contributed by atoms with E-state index in [1.807, 2.05) is 12.1 Å². The van der Waals surface area contributed by atoms with Gasteiger partial charge in [0.25, 0.3) is 0 Å². The van der Waals surface area contributed by atoms with Crippen LogP contribution in [0.4, 0.5) is 0 Å². The number of nitrogens with zero attached hydrogens (tertiary/aromatic N) is 2. The van der Waals surface area contributed by atoms with Crippen molar-refractivity contribution < 1.29 is 14.3 Å². The number of guanidine groups is 1. The van der Waals surface area contributed by atoms with Gasteiger partial charge in [0.2, 0.25) is 5.91 Å². The van der Waals surface area contributed by atoms with E-state index in [4.69, 9.17) is 14.5 Å². The van der Waals surface area contributed by atoms with Gasteiger partial charge < -0.3 is 25.4 Å². The molecule has 1 heterocycles. The van der Waals surface area contributed by atoms with E-state index in [1.54, 1.807) is 14.2 Å². The second-order valence-corrected chi connectivity index (χ2v) is 8.54. The SMILES string of the molecule is CCNC(=NCc1cccc(OC)c1OC1CCCC1)NC1CCN(CC(=O)NC)CC1. The molecule has 0 spiro atoms. The number of hydrogen-bond donors (Lipinski definition) is 3. The molecular weight excluding hydrogens is 406 g/mol. The van der Waals surface area contributed by atoms with Gasteiger partial charge in [0.15, 0.2) is 17.5 Å². The lowest BCUT2D eigenvalue weighted by Gasteiger charge is -2.32. The molecule has 1 aromatic carbocycles. The molecule has 0 radical (unpaired) electrons. The van der Waals surface area contributed by atoms with Gasteiger partial charge in [-0.3, -0.25) is 9.69 Å². The zero-order valence-corrected chi connectivity index (χ0v) is 19.8. The average Bonchev–Trinajstić information content (AvgIpc) is 3.32. The van der Waals surface area contributed by atoms with Crippen LogP contribution in [0.3, 0.4) is 0 Å². The maximum atomic E-state index is 11.6. The standard InChI is InChI=1S/C24H39N5O3/c1-4-26-24(28-19-12-14-29(15-13-19)17-22(30)25-2)27-16-18-8-7-11-21(31-3)23(18)32-20-9-5-6-10-20/h7-8,11,19-20H,4-6,9-10,12-17H2,1-3H3,(H,25,30)(H2,26,27,28). The summed E-state index contributed by atoms with van der Waals surface area (Å²) in [7, 11) is 3.37. The van der Waals surface area contributed by atoms with E-state index in [0.717, 1.165) is 68.3 Å². The monoisotopic (exact) mass is 445 g/mol. The first kappa shape index (κ1) is 24.2. The lowest BCUT2D eigenvalue weighted by molar-refractivity contribution is -0.122. The van der Waals surface area contributed by atoms with Gasteiger partial charge in [0, 0.05) is 38.3 Å². The van der Waals surface area contributed by atoms with E-state index >= 15 is 0 Å². The molecule has 32 heavy (non-hydrogen) atoms. The fourth-order valence-corrected chi connectivity index (χ4v) is 4.35. The van der Waals surface area contributed by atoms with Crippen molar-refractivity contribution in [2.75, 3.05) is 40.3 Å². The molecule has 3 N–H and O–H groups in total. The minimum absolute atomic E-state index is 0.0697. The maximum Gasteiger partial charge on any atom is 0.233 e. The van der Waals surface area contributed by atoms with Gasteiger partial charge >= 0.3 is 0 Å². The Kier molecular flexibility index (Phi) is 9.46. The summed E-state index contributed by atoms with van der Waals surface area (Å²) in [6, 6.07) is 6.35. The number of amides is 1. The highest BCUT2D eigenvalue weighted by Gasteiger charge is 2.22. The van der Waals surface area contributed by atoms with E-state index < -0.39 is 0 Å². The number of carbonyl (C=O) groups excluding carboxylic acids is 1. The van der Waals surface area contributed by atoms with Gasteiger partial charge in [-0.05, 0) is 51.5 Å². The Labute approximate surface area is 192 Å². The van der Waals surface area contributed by atoms with Crippen LogP contribution in [0.2, 0.25) is 0 Å². The highest BCUT2D eigenvalue weighted by atomic mass is 16.5. The summed E-state index contributed by atoms with van der Waals surface area (Å²) in [5, 5.41) is 9.63. The van der Waals surface area contributed by atoms with Gasteiger partial charge in [-0.25, -0.2) is 4.99 Å². The van der Waals surface area contributed by atoms with E-state index in [2.05, 4.69) is 33.8 Å². The van der Waals surface area contributed by atoms with Crippen molar-refractivity contribution in [1.82, 2.24) is 20.9 Å². The van der Waals surface area contributed by atoms with Crippen molar-refractivity contribution >= 4 is 11.9 Å². The molecule has 0 unspecified atom stereocenters. The van der Waals surface area contributed by atoms with Crippen LogP contribution in [-0.2, 0) is 11.3 Å². The molecule has 178 valence electrons. The Bertz CT molecular complexity index is 756. The van der Waals surface area contributed by atoms with Gasteiger partial charge in [-0.2, -0.15) is 0 Å². The van der Waals surface area contributed by atoms with Crippen LogP contribution in [0.25, 0.3) is 0 Å². The number of aliphatic imine (C=N–C) groups is 1. The highest BCUT2D eigenvalue weighted by Crippen LogP contribution is 2.35. The number of likely N-dealkylation sites (N-methyl/N-ethyl adjacent to an activating group) is 1. The topological polar surface area (TPSA) is 87.2 Å². The molecule has 3 rings (SSSR count). The number of nitrogens with one attached hydrogen (secondary N) is 3. The molecule has 0 aromatic heterocycles. The quantitative estimate of drug-likeness (QED) is 0.399. The predicted molar refractivity (Wildman–Crippen MR) is 127 cm³/mol. The molecular formula is C24H39N5O3. The van der Waals surface area contributed by atoms with Crippen LogP contribution in [0.5, 0.6) is 11.5 Å². The Morgan fingerprint density at radius 3 is 2.59 bits per heavy atom. The lowest BCUT2D eigenvalue weighted by Crippen LogP contribution is -2.50. The summed E-state index contributed by atoms with van der Waals surface area (Å²) in [5.74, 6) is 2.47. The molecule has 1 aromatic rings. The summed E-state index contributed by atoms with van der Waals surface area (Å²) in [4.78, 5) is 18.7. The first-order chi connectivity index (χ1) is 15.6. The minimum Gasteiger partial charge on any atom is -0.493 e. The van der Waals surface area contributed by atoms with Crippen molar-refractivity contribution in [2.45, 2.75) is 64.1 Å². The summed E-state index contributed by atoms with van der Waals surface area (Å²) < 4.78 is 11.9. The normalized spacial score (nSPS) is 18.4. The fraction of sp³-hybridized carbons (Fsp3) is 0.667. The molecule has 0 atom stereocenters. The number of likely N-dealkylation sites (tertiary alicyclic amines) is 1. The average molecular weight is 446 g/mol. The van der Waals surface area contributed by atoms with E-state index in [-0.39, 0.29) is 12.0 Å². The van der Waals surface area contributed by atoms with Crippen LogP contribution in [-0.4, -0.2) is 69.2 Å². The van der Waals surface area contributed by atoms with Crippen LogP contribution in [0, 0.1) is 0 Å². The summed E-state index contributed by atoms with van der Waals surface area (Å²) in [6.45, 7) is 5.66. The number of piperidine rings is 1. The molecule has 0 bridgehead atoms. The Hall–Kier alpha value is -2.48. The van der Waals surface area contributed by atoms with Crippen LogP contribution in [0.1, 0.15) is 51.0 Å². The number of benzene rings is 1. The third-order valence-electron chi connectivity index (χ3n) is 6.19. The fourth-order valence-electron chi connectivity index (χ4n) is 4.35. The number of ether oxygens (including phenoxy) is 2. The van der Waals surface area contributed by atoms with Gasteiger partial charge in [-0.15, -0.1) is 0 Å². The van der Waals surface area contributed by atoms with Crippen LogP contribution in [0.15, 0.2) is 23.2 Å². The Morgan fingerprint density at radius 1 is 1.19 bits per heavy atom. The predicted octanol–water partition coefficient (Wildman–Crippen LogP) is 2.28. The second-order valence-electron chi connectivity index (χ2n) is 8.54. The zero-order valence-electron chi connectivity index (χ0n) is 19.8. The third-order valence-corrected chi connectivity index (χ3v) is 6.19. The summed E-state index contributed by atoms with van der Waals surface area (Å²) in [6.07, 6.45) is 6.88. The third kappa shape index (κ3) is 7.02. The molecule has 1 amide bonds. The van der Waals surface area contributed by atoms with E-state index in [9.17, 15) is 4.79 Å². The molecule has 8 nitrogen and oxygen atoms in total. The first-order valence-corrected chi connectivity index (χ1v) is 11.9. The molecule has 2 fully saturated rings. The van der Waals surface area contributed by atoms with Crippen molar-refractivity contribution in [3.63, 3.8) is 0 Å². The van der Waals surface area contributed by atoms with Crippen molar-refractivity contribution in [2.24, 2.45) is 4.99 Å². The van der Waals surface area contributed by atoms with Crippen molar-refractivity contribution in [3.05, 3.63) is 23.8 Å².